The van der Waals surface area contributed by atoms with Crippen LogP contribution in [-0.4, -0.2) is 13.9 Å². The van der Waals surface area contributed by atoms with Crippen molar-refractivity contribution in [3.8, 4) is 22.3 Å². The van der Waals surface area contributed by atoms with Crippen molar-refractivity contribution in [2.75, 3.05) is 0 Å². The molecule has 0 saturated heterocycles. The van der Waals surface area contributed by atoms with E-state index in [0.717, 1.165) is 41.0 Å². The molecule has 26 heavy (non-hydrogen) atoms. The molecule has 0 unspecified atom stereocenters. The molecule has 2 heterocycles. The van der Waals surface area contributed by atoms with Gasteiger partial charge in [0.05, 0.1) is 9.75 Å². The van der Waals surface area contributed by atoms with Gasteiger partial charge >= 0.3 is 0 Å². The molecule has 0 atom stereocenters. The number of aromatic nitrogens is 2. The maximum absolute atomic E-state index is 11.1. The summed E-state index contributed by atoms with van der Waals surface area (Å²) < 4.78 is 10.7. The standard InChI is InChI=1S/C19H12Br2N2OS2/c20-13-5-1-11(2-6-13)15-9-22-25-18(15)17(24)19-16(10-23-26-19)12-3-7-14(21)8-4-12/h1-10,17,24H. The molecule has 0 fully saturated rings. The highest BCUT2D eigenvalue weighted by Gasteiger charge is 2.23. The van der Waals surface area contributed by atoms with E-state index in [-0.39, 0.29) is 0 Å². The highest BCUT2D eigenvalue weighted by molar-refractivity contribution is 9.10. The Morgan fingerprint density at radius 3 is 1.46 bits per heavy atom. The summed E-state index contributed by atoms with van der Waals surface area (Å²) in [5, 5.41) is 11.1. The smallest absolute Gasteiger partial charge is 0.127 e. The van der Waals surface area contributed by atoms with Crippen molar-refractivity contribution in [2.45, 2.75) is 6.10 Å². The molecular formula is C19H12Br2N2OS2. The van der Waals surface area contributed by atoms with Gasteiger partial charge in [-0.15, -0.1) is 0 Å². The number of nitrogens with zero attached hydrogens (tertiary/aromatic N) is 2. The Morgan fingerprint density at radius 2 is 1.08 bits per heavy atom. The van der Waals surface area contributed by atoms with Crippen LogP contribution in [0.15, 0.2) is 69.9 Å². The number of halogens is 2. The number of aliphatic hydroxyl groups excluding tert-OH is 1. The van der Waals surface area contributed by atoms with Gasteiger partial charge < -0.3 is 5.11 Å². The van der Waals surface area contributed by atoms with Crippen molar-refractivity contribution in [3.05, 3.63) is 79.6 Å². The molecule has 0 amide bonds. The van der Waals surface area contributed by atoms with Gasteiger partial charge in [0.2, 0.25) is 0 Å². The number of hydrogen-bond donors (Lipinski definition) is 1. The van der Waals surface area contributed by atoms with Crippen molar-refractivity contribution < 1.29 is 5.11 Å². The topological polar surface area (TPSA) is 46.0 Å². The second-order valence-corrected chi connectivity index (χ2v) is 9.12. The molecule has 2 aromatic heterocycles. The second-order valence-electron chi connectivity index (χ2n) is 5.62. The number of aliphatic hydroxyl groups is 1. The van der Waals surface area contributed by atoms with Crippen LogP contribution in [0.2, 0.25) is 0 Å². The van der Waals surface area contributed by atoms with Gasteiger partial charge in [-0.2, -0.15) is 0 Å². The minimum absolute atomic E-state index is 0.757. The molecule has 4 aromatic rings. The fourth-order valence-corrected chi connectivity index (χ4v) is 4.82. The van der Waals surface area contributed by atoms with Gasteiger partial charge in [0.1, 0.15) is 6.10 Å². The largest absolute Gasteiger partial charge is 0.382 e. The lowest BCUT2D eigenvalue weighted by atomic mass is 10.0. The van der Waals surface area contributed by atoms with E-state index >= 15 is 0 Å². The van der Waals surface area contributed by atoms with Crippen LogP contribution in [0.5, 0.6) is 0 Å². The summed E-state index contributed by atoms with van der Waals surface area (Å²) in [7, 11) is 0. The van der Waals surface area contributed by atoms with Crippen molar-refractivity contribution in [1.82, 2.24) is 8.75 Å². The second kappa shape index (κ2) is 7.70. The van der Waals surface area contributed by atoms with E-state index in [1.807, 2.05) is 60.9 Å². The van der Waals surface area contributed by atoms with Gasteiger partial charge in [-0.25, -0.2) is 8.75 Å². The van der Waals surface area contributed by atoms with Gasteiger partial charge in [0, 0.05) is 32.5 Å². The molecule has 0 spiro atoms. The predicted octanol–water partition coefficient (Wildman–Crippen LogP) is 6.54. The highest BCUT2D eigenvalue weighted by atomic mass is 79.9. The zero-order chi connectivity index (χ0) is 18.1. The quantitative estimate of drug-likeness (QED) is 0.341. The van der Waals surface area contributed by atoms with Crippen LogP contribution >= 0.6 is 54.9 Å². The van der Waals surface area contributed by atoms with Crippen LogP contribution < -0.4 is 0 Å². The third-order valence-electron chi connectivity index (χ3n) is 4.00. The van der Waals surface area contributed by atoms with Gasteiger partial charge in [-0.1, -0.05) is 56.1 Å². The van der Waals surface area contributed by atoms with Crippen LogP contribution in [-0.2, 0) is 0 Å². The Bertz CT molecular complexity index is 943. The normalized spacial score (nSPS) is 11.2. The number of rotatable bonds is 4. The Balaban J connectivity index is 1.73. The molecule has 3 nitrogen and oxygen atoms in total. The zero-order valence-corrected chi connectivity index (χ0v) is 18.1. The first-order valence-electron chi connectivity index (χ1n) is 7.72. The highest BCUT2D eigenvalue weighted by Crippen LogP contribution is 2.40. The minimum atomic E-state index is -0.757. The lowest BCUT2D eigenvalue weighted by Gasteiger charge is -2.11. The average Bonchev–Trinajstić information content (AvgIpc) is 3.32. The summed E-state index contributed by atoms with van der Waals surface area (Å²) in [5.41, 5.74) is 3.96. The fourth-order valence-electron chi connectivity index (χ4n) is 2.70. The maximum atomic E-state index is 11.1. The Labute approximate surface area is 175 Å². The molecule has 1 N–H and O–H groups in total. The van der Waals surface area contributed by atoms with Crippen molar-refractivity contribution in [3.63, 3.8) is 0 Å². The first kappa shape index (κ1) is 18.0. The van der Waals surface area contributed by atoms with Gasteiger partial charge in [-0.3, -0.25) is 0 Å². The van der Waals surface area contributed by atoms with E-state index < -0.39 is 6.10 Å². The molecule has 0 saturated carbocycles. The zero-order valence-electron chi connectivity index (χ0n) is 13.3. The molecular weight excluding hydrogens is 496 g/mol. The van der Waals surface area contributed by atoms with Crippen molar-refractivity contribution >= 4 is 54.9 Å². The predicted molar refractivity (Wildman–Crippen MR) is 115 cm³/mol. The third kappa shape index (κ3) is 3.54. The monoisotopic (exact) mass is 506 g/mol. The summed E-state index contributed by atoms with van der Waals surface area (Å²) >= 11 is 9.55. The van der Waals surface area contributed by atoms with Crippen molar-refractivity contribution in [1.29, 1.82) is 0 Å². The molecule has 0 aliphatic rings. The molecule has 0 aliphatic carbocycles. The van der Waals surface area contributed by atoms with E-state index in [1.54, 1.807) is 0 Å². The Morgan fingerprint density at radius 1 is 0.692 bits per heavy atom. The van der Waals surface area contributed by atoms with Gasteiger partial charge in [0.15, 0.2) is 0 Å². The maximum Gasteiger partial charge on any atom is 0.127 e. The average molecular weight is 508 g/mol. The SMILES string of the molecule is OC(c1sncc1-c1ccc(Br)cc1)c1sncc1-c1ccc(Br)cc1. The van der Waals surface area contributed by atoms with E-state index in [0.29, 0.717) is 0 Å². The van der Waals surface area contributed by atoms with Crippen LogP contribution in [0.1, 0.15) is 15.9 Å². The molecule has 0 radical (unpaired) electrons. The molecule has 7 heteroatoms. The first-order valence-corrected chi connectivity index (χ1v) is 10.9. The molecule has 0 bridgehead atoms. The first-order chi connectivity index (χ1) is 12.6. The van der Waals surface area contributed by atoms with E-state index in [1.165, 1.54) is 23.1 Å². The van der Waals surface area contributed by atoms with Crippen molar-refractivity contribution in [2.24, 2.45) is 0 Å². The molecule has 0 aliphatic heterocycles. The van der Waals surface area contributed by atoms with E-state index in [4.69, 9.17) is 0 Å². The number of benzene rings is 2. The summed E-state index contributed by atoms with van der Waals surface area (Å²) in [5.74, 6) is 0. The van der Waals surface area contributed by atoms with Crippen LogP contribution in [0.25, 0.3) is 22.3 Å². The molecule has 4 rings (SSSR count). The lowest BCUT2D eigenvalue weighted by Crippen LogP contribution is -1.98. The third-order valence-corrected chi connectivity index (χ3v) is 6.76. The fraction of sp³-hybridized carbons (Fsp3) is 0.0526. The summed E-state index contributed by atoms with van der Waals surface area (Å²) in [6.07, 6.45) is 2.87. The summed E-state index contributed by atoms with van der Waals surface area (Å²) in [6.45, 7) is 0. The molecule has 130 valence electrons. The summed E-state index contributed by atoms with van der Waals surface area (Å²) in [6, 6.07) is 16.0. The van der Waals surface area contributed by atoms with Crippen LogP contribution in [0.4, 0.5) is 0 Å². The van der Waals surface area contributed by atoms with Crippen LogP contribution in [0, 0.1) is 0 Å². The Kier molecular flexibility index (Phi) is 5.33. The van der Waals surface area contributed by atoms with Crippen LogP contribution in [0.3, 0.4) is 0 Å². The summed E-state index contributed by atoms with van der Waals surface area (Å²) in [4.78, 5) is 1.66. The number of hydrogen-bond acceptors (Lipinski definition) is 5. The van der Waals surface area contributed by atoms with Gasteiger partial charge in [-0.05, 0) is 58.5 Å². The molecule has 2 aromatic carbocycles. The van der Waals surface area contributed by atoms with Gasteiger partial charge in [0.25, 0.3) is 0 Å². The Hall–Kier alpha value is -1.38. The van der Waals surface area contributed by atoms with E-state index in [2.05, 4.69) is 40.6 Å². The minimum Gasteiger partial charge on any atom is -0.382 e. The van der Waals surface area contributed by atoms with E-state index in [9.17, 15) is 5.11 Å². The lowest BCUT2D eigenvalue weighted by molar-refractivity contribution is 0.229.